The molecular weight excluding hydrogens is 200 g/mol. The van der Waals surface area contributed by atoms with Crippen molar-refractivity contribution in [2.75, 3.05) is 0 Å². The highest BCUT2D eigenvalue weighted by Crippen LogP contribution is 2.37. The van der Waals surface area contributed by atoms with E-state index in [2.05, 4.69) is 20.6 Å². The Morgan fingerprint density at radius 1 is 1.47 bits per heavy atom. The summed E-state index contributed by atoms with van der Waals surface area (Å²) in [5.74, 6) is -0.738. The predicted octanol–water partition coefficient (Wildman–Crippen LogP) is -0.543. The SMILES string of the molecule is O=C(O)C1(c2nn[nH]n2)CCC(O)CC1. The van der Waals surface area contributed by atoms with Crippen molar-refractivity contribution in [3.05, 3.63) is 5.82 Å². The molecule has 0 aromatic carbocycles. The lowest BCUT2D eigenvalue weighted by Crippen LogP contribution is -2.41. The molecule has 1 aromatic heterocycles. The normalized spacial score (nSPS) is 31.4. The number of nitrogens with one attached hydrogen (secondary N) is 1. The molecule has 1 heterocycles. The van der Waals surface area contributed by atoms with Crippen molar-refractivity contribution in [1.82, 2.24) is 20.6 Å². The van der Waals surface area contributed by atoms with E-state index in [0.717, 1.165) is 0 Å². The molecule has 2 rings (SSSR count). The minimum atomic E-state index is -1.08. The number of aliphatic hydroxyl groups excluding tert-OH is 1. The van der Waals surface area contributed by atoms with E-state index in [9.17, 15) is 15.0 Å². The van der Waals surface area contributed by atoms with Crippen molar-refractivity contribution < 1.29 is 15.0 Å². The first-order chi connectivity index (χ1) is 7.15. The smallest absolute Gasteiger partial charge is 0.317 e. The van der Waals surface area contributed by atoms with Crippen LogP contribution < -0.4 is 0 Å². The molecule has 0 spiro atoms. The van der Waals surface area contributed by atoms with Crippen LogP contribution in [0.4, 0.5) is 0 Å². The minimum absolute atomic E-state index is 0.210. The fourth-order valence-corrected chi connectivity index (χ4v) is 1.99. The average Bonchev–Trinajstić information content (AvgIpc) is 2.72. The summed E-state index contributed by atoms with van der Waals surface area (Å²) in [6.45, 7) is 0. The van der Waals surface area contributed by atoms with Crippen LogP contribution in [0.2, 0.25) is 0 Å². The first-order valence-corrected chi connectivity index (χ1v) is 4.80. The zero-order valence-electron chi connectivity index (χ0n) is 8.05. The van der Waals surface area contributed by atoms with Crippen LogP contribution in [0.5, 0.6) is 0 Å². The molecule has 15 heavy (non-hydrogen) atoms. The van der Waals surface area contributed by atoms with E-state index < -0.39 is 17.5 Å². The second kappa shape index (κ2) is 3.58. The average molecular weight is 212 g/mol. The zero-order valence-corrected chi connectivity index (χ0v) is 8.05. The van der Waals surface area contributed by atoms with Gasteiger partial charge in [-0.2, -0.15) is 5.21 Å². The highest BCUT2D eigenvalue weighted by Gasteiger charge is 2.46. The number of carboxylic acids is 1. The standard InChI is InChI=1S/C8H12N4O3/c13-5-1-3-8(4-2-5,7(14)15)6-9-11-12-10-6/h5,13H,1-4H2,(H,14,15)(H,9,10,11,12). The Hall–Kier alpha value is -1.50. The summed E-state index contributed by atoms with van der Waals surface area (Å²) in [6, 6.07) is 0. The fourth-order valence-electron chi connectivity index (χ4n) is 1.99. The Morgan fingerprint density at radius 2 is 2.13 bits per heavy atom. The number of hydrogen-bond acceptors (Lipinski definition) is 5. The quantitative estimate of drug-likeness (QED) is 0.606. The summed E-state index contributed by atoms with van der Waals surface area (Å²) in [4.78, 5) is 11.3. The number of aliphatic hydroxyl groups is 1. The molecule has 0 atom stereocenters. The van der Waals surface area contributed by atoms with Gasteiger partial charge in [-0.05, 0) is 25.7 Å². The van der Waals surface area contributed by atoms with E-state index in [1.807, 2.05) is 0 Å². The van der Waals surface area contributed by atoms with Gasteiger partial charge in [-0.15, -0.1) is 10.2 Å². The summed E-state index contributed by atoms with van der Waals surface area (Å²) in [6.07, 6.45) is 1.21. The van der Waals surface area contributed by atoms with Crippen molar-refractivity contribution in [1.29, 1.82) is 0 Å². The van der Waals surface area contributed by atoms with E-state index in [1.54, 1.807) is 0 Å². The van der Waals surface area contributed by atoms with Crippen LogP contribution >= 0.6 is 0 Å². The van der Waals surface area contributed by atoms with Crippen molar-refractivity contribution in [3.8, 4) is 0 Å². The molecule has 1 aromatic rings. The van der Waals surface area contributed by atoms with Gasteiger partial charge in [0.1, 0.15) is 5.41 Å². The second-order valence-electron chi connectivity index (χ2n) is 3.85. The molecule has 1 aliphatic carbocycles. The van der Waals surface area contributed by atoms with Gasteiger partial charge in [0.15, 0.2) is 5.82 Å². The molecule has 1 fully saturated rings. The number of hydrogen-bond donors (Lipinski definition) is 3. The first-order valence-electron chi connectivity index (χ1n) is 4.80. The second-order valence-corrected chi connectivity index (χ2v) is 3.85. The maximum atomic E-state index is 11.3. The number of tetrazole rings is 1. The van der Waals surface area contributed by atoms with E-state index in [4.69, 9.17) is 0 Å². The number of rotatable bonds is 2. The van der Waals surface area contributed by atoms with E-state index in [-0.39, 0.29) is 5.82 Å². The van der Waals surface area contributed by atoms with Gasteiger partial charge < -0.3 is 10.2 Å². The largest absolute Gasteiger partial charge is 0.480 e. The monoisotopic (exact) mass is 212 g/mol. The van der Waals surface area contributed by atoms with Crippen LogP contribution in [0.15, 0.2) is 0 Å². The lowest BCUT2D eigenvalue weighted by atomic mass is 9.72. The molecule has 0 amide bonds. The summed E-state index contributed by atoms with van der Waals surface area (Å²) in [7, 11) is 0. The highest BCUT2D eigenvalue weighted by molar-refractivity contribution is 5.80. The number of aliphatic carboxylic acids is 1. The molecule has 1 saturated carbocycles. The molecule has 0 radical (unpaired) electrons. The Labute approximate surface area is 85.5 Å². The van der Waals surface area contributed by atoms with Gasteiger partial charge >= 0.3 is 5.97 Å². The van der Waals surface area contributed by atoms with Crippen LogP contribution in [0.3, 0.4) is 0 Å². The van der Waals surface area contributed by atoms with Crippen LogP contribution in [-0.2, 0) is 10.2 Å². The number of H-pyrrole nitrogens is 1. The molecule has 7 heteroatoms. The van der Waals surface area contributed by atoms with E-state index in [1.165, 1.54) is 0 Å². The minimum Gasteiger partial charge on any atom is -0.480 e. The third-order valence-electron chi connectivity index (χ3n) is 2.99. The predicted molar refractivity (Wildman–Crippen MR) is 48.0 cm³/mol. The molecule has 0 unspecified atom stereocenters. The lowest BCUT2D eigenvalue weighted by molar-refractivity contribution is -0.146. The Kier molecular flexibility index (Phi) is 2.39. The lowest BCUT2D eigenvalue weighted by Gasteiger charge is -2.32. The number of nitrogens with zero attached hydrogens (tertiary/aromatic N) is 3. The molecule has 3 N–H and O–H groups in total. The highest BCUT2D eigenvalue weighted by atomic mass is 16.4. The van der Waals surface area contributed by atoms with Gasteiger partial charge in [-0.3, -0.25) is 4.79 Å². The van der Waals surface area contributed by atoms with Crippen LogP contribution in [0, 0.1) is 0 Å². The molecule has 0 bridgehead atoms. The van der Waals surface area contributed by atoms with Gasteiger partial charge in [0, 0.05) is 0 Å². The Morgan fingerprint density at radius 3 is 2.60 bits per heavy atom. The summed E-state index contributed by atoms with van der Waals surface area (Å²) in [5, 5.41) is 31.7. The van der Waals surface area contributed by atoms with Gasteiger partial charge in [0.05, 0.1) is 6.10 Å². The van der Waals surface area contributed by atoms with Crippen molar-refractivity contribution >= 4 is 5.97 Å². The number of carboxylic acid groups (broad SMARTS) is 1. The van der Waals surface area contributed by atoms with Crippen molar-refractivity contribution in [3.63, 3.8) is 0 Å². The number of aromatic nitrogens is 4. The molecule has 7 nitrogen and oxygen atoms in total. The van der Waals surface area contributed by atoms with E-state index in [0.29, 0.717) is 25.7 Å². The maximum Gasteiger partial charge on any atom is 0.317 e. The maximum absolute atomic E-state index is 11.3. The van der Waals surface area contributed by atoms with Gasteiger partial charge in [-0.25, -0.2) is 0 Å². The van der Waals surface area contributed by atoms with Gasteiger partial charge in [-0.1, -0.05) is 5.21 Å². The summed E-state index contributed by atoms with van der Waals surface area (Å²) >= 11 is 0. The van der Waals surface area contributed by atoms with Crippen LogP contribution in [-0.4, -0.2) is 42.9 Å². The van der Waals surface area contributed by atoms with Crippen LogP contribution in [0.1, 0.15) is 31.5 Å². The fraction of sp³-hybridized carbons (Fsp3) is 0.750. The van der Waals surface area contributed by atoms with Gasteiger partial charge in [0.25, 0.3) is 0 Å². The zero-order chi connectivity index (χ0) is 10.9. The van der Waals surface area contributed by atoms with Crippen LogP contribution in [0.25, 0.3) is 0 Å². The molecule has 1 aliphatic rings. The van der Waals surface area contributed by atoms with E-state index >= 15 is 0 Å². The Bertz CT molecular complexity index is 343. The van der Waals surface area contributed by atoms with Crippen molar-refractivity contribution in [2.45, 2.75) is 37.2 Å². The molecular formula is C8H12N4O3. The first kappa shape index (κ1) is 10.0. The number of carbonyl (C=O) groups is 1. The summed E-state index contributed by atoms with van der Waals surface area (Å²) < 4.78 is 0. The molecule has 0 saturated heterocycles. The summed E-state index contributed by atoms with van der Waals surface area (Å²) in [5.41, 5.74) is -1.08. The molecule has 0 aliphatic heterocycles. The van der Waals surface area contributed by atoms with Crippen molar-refractivity contribution in [2.24, 2.45) is 0 Å². The third-order valence-corrected chi connectivity index (χ3v) is 2.99. The third kappa shape index (κ3) is 1.58. The number of aromatic amines is 1. The topological polar surface area (TPSA) is 112 Å². The van der Waals surface area contributed by atoms with Gasteiger partial charge in [0.2, 0.25) is 0 Å². The Balaban J connectivity index is 2.30. The molecule has 82 valence electrons.